The molecule has 21 heavy (non-hydrogen) atoms. The molecule has 0 radical (unpaired) electrons. The molecule has 2 unspecified atom stereocenters. The molecular formula is C18H29BrN2. The fraction of sp³-hybridized carbons (Fsp3) is 0.667. The summed E-state index contributed by atoms with van der Waals surface area (Å²) < 4.78 is 1.16. The van der Waals surface area contributed by atoms with Gasteiger partial charge < -0.3 is 5.32 Å². The molecule has 0 aromatic heterocycles. The number of hydrogen-bond donors (Lipinski definition) is 1. The molecule has 1 aliphatic rings. The highest BCUT2D eigenvalue weighted by atomic mass is 79.9. The van der Waals surface area contributed by atoms with Crippen LogP contribution in [-0.2, 0) is 6.54 Å². The van der Waals surface area contributed by atoms with Gasteiger partial charge in [0.15, 0.2) is 0 Å². The van der Waals surface area contributed by atoms with E-state index in [0.29, 0.717) is 18.0 Å². The molecule has 0 aliphatic carbocycles. The monoisotopic (exact) mass is 352 g/mol. The lowest BCUT2D eigenvalue weighted by molar-refractivity contribution is 0.0924. The fourth-order valence-electron chi connectivity index (χ4n) is 3.12. The SMILES string of the molecule is CC(C)CC1CNC(C(C)C)CN1Cc1ccc(Br)cc1. The summed E-state index contributed by atoms with van der Waals surface area (Å²) >= 11 is 3.52. The lowest BCUT2D eigenvalue weighted by Gasteiger charge is -2.42. The lowest BCUT2D eigenvalue weighted by atomic mass is 9.94. The zero-order valence-corrected chi connectivity index (χ0v) is 15.4. The van der Waals surface area contributed by atoms with Crippen LogP contribution in [0, 0.1) is 11.8 Å². The van der Waals surface area contributed by atoms with E-state index in [1.54, 1.807) is 0 Å². The molecule has 0 amide bonds. The predicted molar refractivity (Wildman–Crippen MR) is 94.4 cm³/mol. The van der Waals surface area contributed by atoms with Crippen LogP contribution in [0.2, 0.25) is 0 Å². The molecule has 2 rings (SSSR count). The number of rotatable bonds is 5. The molecule has 0 saturated carbocycles. The Morgan fingerprint density at radius 3 is 2.43 bits per heavy atom. The Kier molecular flexibility index (Phi) is 6.27. The largest absolute Gasteiger partial charge is 0.311 e. The molecule has 1 aromatic rings. The Labute approximate surface area is 138 Å². The van der Waals surface area contributed by atoms with Gasteiger partial charge in [-0.15, -0.1) is 0 Å². The van der Waals surface area contributed by atoms with Crippen molar-refractivity contribution in [3.8, 4) is 0 Å². The molecule has 1 aromatic carbocycles. The second kappa shape index (κ2) is 7.75. The van der Waals surface area contributed by atoms with E-state index in [4.69, 9.17) is 0 Å². The maximum Gasteiger partial charge on any atom is 0.0237 e. The van der Waals surface area contributed by atoms with E-state index in [1.807, 2.05) is 0 Å². The van der Waals surface area contributed by atoms with Crippen LogP contribution < -0.4 is 5.32 Å². The number of hydrogen-bond acceptors (Lipinski definition) is 2. The third kappa shape index (κ3) is 5.08. The molecule has 1 saturated heterocycles. The average Bonchev–Trinajstić information content (AvgIpc) is 2.42. The van der Waals surface area contributed by atoms with E-state index in [-0.39, 0.29) is 0 Å². The van der Waals surface area contributed by atoms with Crippen LogP contribution in [0.5, 0.6) is 0 Å². The second-order valence-electron chi connectivity index (χ2n) is 7.10. The Morgan fingerprint density at radius 2 is 1.86 bits per heavy atom. The predicted octanol–water partition coefficient (Wildman–Crippen LogP) is 4.29. The van der Waals surface area contributed by atoms with E-state index in [2.05, 4.69) is 78.1 Å². The van der Waals surface area contributed by atoms with Gasteiger partial charge in [-0.3, -0.25) is 4.90 Å². The third-order valence-electron chi connectivity index (χ3n) is 4.41. The summed E-state index contributed by atoms with van der Waals surface area (Å²) in [6.07, 6.45) is 1.27. The van der Waals surface area contributed by atoms with Gasteiger partial charge in [0.25, 0.3) is 0 Å². The van der Waals surface area contributed by atoms with Gasteiger partial charge in [0.05, 0.1) is 0 Å². The Morgan fingerprint density at radius 1 is 1.19 bits per heavy atom. The molecule has 1 fully saturated rings. The van der Waals surface area contributed by atoms with E-state index >= 15 is 0 Å². The van der Waals surface area contributed by atoms with Crippen molar-refractivity contribution in [3.63, 3.8) is 0 Å². The minimum absolute atomic E-state index is 0.615. The van der Waals surface area contributed by atoms with Gasteiger partial charge in [-0.05, 0) is 36.0 Å². The highest BCUT2D eigenvalue weighted by Crippen LogP contribution is 2.21. The molecule has 2 atom stereocenters. The van der Waals surface area contributed by atoms with Gasteiger partial charge >= 0.3 is 0 Å². The van der Waals surface area contributed by atoms with Crippen LogP contribution in [-0.4, -0.2) is 30.1 Å². The summed E-state index contributed by atoms with van der Waals surface area (Å²) in [7, 11) is 0. The van der Waals surface area contributed by atoms with Crippen molar-refractivity contribution in [2.24, 2.45) is 11.8 Å². The Hall–Kier alpha value is -0.380. The normalized spacial score (nSPS) is 24.0. The molecule has 1 N–H and O–H groups in total. The summed E-state index contributed by atoms with van der Waals surface area (Å²) in [6, 6.07) is 10.0. The van der Waals surface area contributed by atoms with Crippen molar-refractivity contribution in [1.29, 1.82) is 0 Å². The van der Waals surface area contributed by atoms with E-state index in [1.165, 1.54) is 12.0 Å². The quantitative estimate of drug-likeness (QED) is 0.849. The fourth-order valence-corrected chi connectivity index (χ4v) is 3.39. The van der Waals surface area contributed by atoms with Crippen LogP contribution >= 0.6 is 15.9 Å². The highest BCUT2D eigenvalue weighted by Gasteiger charge is 2.29. The van der Waals surface area contributed by atoms with Crippen LogP contribution in [0.25, 0.3) is 0 Å². The van der Waals surface area contributed by atoms with Crippen molar-refractivity contribution in [1.82, 2.24) is 10.2 Å². The number of benzene rings is 1. The third-order valence-corrected chi connectivity index (χ3v) is 4.94. The number of nitrogens with zero attached hydrogens (tertiary/aromatic N) is 1. The first-order chi connectivity index (χ1) is 9.95. The molecule has 118 valence electrons. The summed E-state index contributed by atoms with van der Waals surface area (Å²) in [6.45, 7) is 12.6. The van der Waals surface area contributed by atoms with Crippen LogP contribution in [0.1, 0.15) is 39.7 Å². The van der Waals surface area contributed by atoms with Gasteiger partial charge in [0, 0.05) is 36.2 Å². The summed E-state index contributed by atoms with van der Waals surface area (Å²) in [5.74, 6) is 1.44. The average molecular weight is 353 g/mol. The van der Waals surface area contributed by atoms with Crippen LogP contribution in [0.3, 0.4) is 0 Å². The van der Waals surface area contributed by atoms with E-state index in [0.717, 1.165) is 30.0 Å². The van der Waals surface area contributed by atoms with Crippen molar-refractivity contribution in [2.75, 3.05) is 13.1 Å². The van der Waals surface area contributed by atoms with Crippen molar-refractivity contribution < 1.29 is 0 Å². The minimum atomic E-state index is 0.615. The highest BCUT2D eigenvalue weighted by molar-refractivity contribution is 9.10. The molecule has 2 nitrogen and oxygen atoms in total. The molecule has 0 spiro atoms. The van der Waals surface area contributed by atoms with Gasteiger partial charge in [-0.2, -0.15) is 0 Å². The zero-order valence-electron chi connectivity index (χ0n) is 13.8. The summed E-state index contributed by atoms with van der Waals surface area (Å²) in [5, 5.41) is 3.75. The standard InChI is InChI=1S/C18H29BrN2/c1-13(2)9-17-10-20-18(14(3)4)12-21(17)11-15-5-7-16(19)8-6-15/h5-8,13-14,17-18,20H,9-12H2,1-4H3. The first-order valence-electron chi connectivity index (χ1n) is 8.17. The smallest absolute Gasteiger partial charge is 0.0237 e. The number of piperazine rings is 1. The van der Waals surface area contributed by atoms with Crippen molar-refractivity contribution in [2.45, 2.75) is 52.7 Å². The van der Waals surface area contributed by atoms with Crippen molar-refractivity contribution in [3.05, 3.63) is 34.3 Å². The Balaban J connectivity index is 2.06. The maximum absolute atomic E-state index is 3.75. The topological polar surface area (TPSA) is 15.3 Å². The summed E-state index contributed by atoms with van der Waals surface area (Å²) in [5.41, 5.74) is 1.41. The zero-order chi connectivity index (χ0) is 15.4. The van der Waals surface area contributed by atoms with Crippen LogP contribution in [0.15, 0.2) is 28.7 Å². The van der Waals surface area contributed by atoms with E-state index in [9.17, 15) is 0 Å². The van der Waals surface area contributed by atoms with Crippen molar-refractivity contribution >= 4 is 15.9 Å². The van der Waals surface area contributed by atoms with Crippen LogP contribution in [0.4, 0.5) is 0 Å². The first-order valence-corrected chi connectivity index (χ1v) is 8.97. The minimum Gasteiger partial charge on any atom is -0.311 e. The molecule has 3 heteroatoms. The number of nitrogens with one attached hydrogen (secondary N) is 1. The lowest BCUT2D eigenvalue weighted by Crippen LogP contribution is -2.57. The molecule has 1 heterocycles. The number of halogens is 1. The van der Waals surface area contributed by atoms with Gasteiger partial charge in [-0.25, -0.2) is 0 Å². The second-order valence-corrected chi connectivity index (χ2v) is 8.01. The molecular weight excluding hydrogens is 324 g/mol. The summed E-state index contributed by atoms with van der Waals surface area (Å²) in [4.78, 5) is 2.68. The van der Waals surface area contributed by atoms with Gasteiger partial charge in [0.2, 0.25) is 0 Å². The molecule has 0 bridgehead atoms. The van der Waals surface area contributed by atoms with Gasteiger partial charge in [0.1, 0.15) is 0 Å². The molecule has 1 aliphatic heterocycles. The maximum atomic E-state index is 3.75. The first kappa shape index (κ1) is 17.0. The van der Waals surface area contributed by atoms with E-state index < -0.39 is 0 Å². The Bertz CT molecular complexity index is 427. The van der Waals surface area contributed by atoms with Gasteiger partial charge in [-0.1, -0.05) is 55.8 Å².